The third kappa shape index (κ3) is 1.76. The second-order valence-electron chi connectivity index (χ2n) is 2.29. The molecule has 0 fully saturated rings. The molecule has 1 aromatic rings. The molecule has 0 aliphatic carbocycles. The molecule has 1 heterocycles. The van der Waals surface area contributed by atoms with Crippen LogP contribution in [0.15, 0.2) is 32.5 Å². The molecule has 58 valence electrons. The molecule has 11 heavy (non-hydrogen) atoms. The molecule has 0 unspecified atom stereocenters. The van der Waals surface area contributed by atoms with Gasteiger partial charge in [0.15, 0.2) is 0 Å². The van der Waals surface area contributed by atoms with Gasteiger partial charge in [0, 0.05) is 25.8 Å². The Hall–Kier alpha value is 0.400. The molecule has 0 saturated heterocycles. The van der Waals surface area contributed by atoms with Crippen molar-refractivity contribution in [1.29, 1.82) is 0 Å². The van der Waals surface area contributed by atoms with Gasteiger partial charge >= 0.3 is 0 Å². The SMILES string of the molecule is Brc1ccc2c(c1)SCCS2. The van der Waals surface area contributed by atoms with E-state index in [1.165, 1.54) is 25.8 Å². The minimum atomic E-state index is 1.19. The highest BCUT2D eigenvalue weighted by atomic mass is 79.9. The Labute approximate surface area is 83.3 Å². The highest BCUT2D eigenvalue weighted by Gasteiger charge is 2.09. The fraction of sp³-hybridized carbons (Fsp3) is 0.250. The summed E-state index contributed by atoms with van der Waals surface area (Å²) in [5.41, 5.74) is 0. The molecule has 3 heteroatoms. The summed E-state index contributed by atoms with van der Waals surface area (Å²) in [7, 11) is 0. The molecule has 1 aliphatic rings. The van der Waals surface area contributed by atoms with Crippen molar-refractivity contribution in [3.8, 4) is 0 Å². The highest BCUT2D eigenvalue weighted by Crippen LogP contribution is 2.37. The van der Waals surface area contributed by atoms with Crippen LogP contribution in [0, 0.1) is 0 Å². The van der Waals surface area contributed by atoms with Crippen LogP contribution >= 0.6 is 39.5 Å². The first kappa shape index (κ1) is 8.02. The van der Waals surface area contributed by atoms with Gasteiger partial charge in [-0.1, -0.05) is 15.9 Å². The Morgan fingerprint density at radius 1 is 1.09 bits per heavy atom. The average molecular weight is 247 g/mol. The van der Waals surface area contributed by atoms with Gasteiger partial charge in [-0.15, -0.1) is 23.5 Å². The Morgan fingerprint density at radius 2 is 1.82 bits per heavy atom. The Morgan fingerprint density at radius 3 is 2.64 bits per heavy atom. The van der Waals surface area contributed by atoms with Crippen molar-refractivity contribution in [2.75, 3.05) is 11.5 Å². The number of benzene rings is 1. The van der Waals surface area contributed by atoms with E-state index in [0.29, 0.717) is 0 Å². The van der Waals surface area contributed by atoms with Crippen LogP contribution in [0.3, 0.4) is 0 Å². The molecule has 0 radical (unpaired) electrons. The maximum atomic E-state index is 3.47. The van der Waals surface area contributed by atoms with Crippen LogP contribution in [0.1, 0.15) is 0 Å². The first-order valence-electron chi connectivity index (χ1n) is 3.41. The normalized spacial score (nSPS) is 16.1. The smallest absolute Gasteiger partial charge is 0.0219 e. The molecular formula is C8H7BrS2. The van der Waals surface area contributed by atoms with Gasteiger partial charge in [0.2, 0.25) is 0 Å². The van der Waals surface area contributed by atoms with Gasteiger partial charge in [0.1, 0.15) is 0 Å². The van der Waals surface area contributed by atoms with Gasteiger partial charge in [0.05, 0.1) is 0 Å². The molecule has 0 amide bonds. The zero-order valence-corrected chi connectivity index (χ0v) is 9.06. The summed E-state index contributed by atoms with van der Waals surface area (Å²) in [6.45, 7) is 0. The Bertz CT molecular complexity index is 273. The zero-order valence-electron chi connectivity index (χ0n) is 5.84. The topological polar surface area (TPSA) is 0 Å². The third-order valence-corrected chi connectivity index (χ3v) is 4.52. The van der Waals surface area contributed by atoms with Crippen LogP contribution in [0.4, 0.5) is 0 Å². The molecule has 1 aliphatic heterocycles. The standard InChI is InChI=1S/C8H7BrS2/c9-6-1-2-7-8(5-6)11-4-3-10-7/h1-2,5H,3-4H2. The van der Waals surface area contributed by atoms with E-state index in [0.717, 1.165) is 0 Å². The molecule has 0 saturated carbocycles. The number of halogens is 1. The zero-order chi connectivity index (χ0) is 7.68. The lowest BCUT2D eigenvalue weighted by molar-refractivity contribution is 1.21. The van der Waals surface area contributed by atoms with Crippen molar-refractivity contribution >= 4 is 39.5 Å². The fourth-order valence-electron chi connectivity index (χ4n) is 1.02. The van der Waals surface area contributed by atoms with Crippen molar-refractivity contribution in [2.24, 2.45) is 0 Å². The van der Waals surface area contributed by atoms with E-state index < -0.39 is 0 Å². The van der Waals surface area contributed by atoms with Gasteiger partial charge < -0.3 is 0 Å². The second kappa shape index (κ2) is 3.42. The summed E-state index contributed by atoms with van der Waals surface area (Å²) in [5.74, 6) is 2.49. The predicted octanol–water partition coefficient (Wildman–Crippen LogP) is 3.65. The van der Waals surface area contributed by atoms with Gasteiger partial charge in [0.25, 0.3) is 0 Å². The molecule has 0 N–H and O–H groups in total. The van der Waals surface area contributed by atoms with Crippen LogP contribution in [0.2, 0.25) is 0 Å². The highest BCUT2D eigenvalue weighted by molar-refractivity contribution is 9.10. The summed E-state index contributed by atoms with van der Waals surface area (Å²) >= 11 is 7.38. The van der Waals surface area contributed by atoms with Crippen LogP contribution in [0.5, 0.6) is 0 Å². The molecule has 0 nitrogen and oxygen atoms in total. The molecule has 0 spiro atoms. The molecule has 0 aromatic heterocycles. The average Bonchev–Trinajstić information content (AvgIpc) is 2.04. The molecule has 0 bridgehead atoms. The molecule has 1 aromatic carbocycles. The van der Waals surface area contributed by atoms with E-state index >= 15 is 0 Å². The van der Waals surface area contributed by atoms with Crippen molar-refractivity contribution < 1.29 is 0 Å². The lowest BCUT2D eigenvalue weighted by Crippen LogP contribution is -1.92. The van der Waals surface area contributed by atoms with E-state index in [9.17, 15) is 0 Å². The van der Waals surface area contributed by atoms with E-state index in [1.54, 1.807) is 0 Å². The molecular weight excluding hydrogens is 240 g/mol. The van der Waals surface area contributed by atoms with Gasteiger partial charge in [-0.05, 0) is 18.2 Å². The minimum absolute atomic E-state index is 1.19. The first-order chi connectivity index (χ1) is 5.36. The number of rotatable bonds is 0. The van der Waals surface area contributed by atoms with Crippen molar-refractivity contribution in [1.82, 2.24) is 0 Å². The largest absolute Gasteiger partial charge is 0.124 e. The van der Waals surface area contributed by atoms with Crippen LogP contribution in [-0.2, 0) is 0 Å². The van der Waals surface area contributed by atoms with Crippen molar-refractivity contribution in [3.05, 3.63) is 22.7 Å². The van der Waals surface area contributed by atoms with Crippen molar-refractivity contribution in [3.63, 3.8) is 0 Å². The number of hydrogen-bond acceptors (Lipinski definition) is 2. The van der Waals surface area contributed by atoms with E-state index in [-0.39, 0.29) is 0 Å². The van der Waals surface area contributed by atoms with E-state index in [1.807, 2.05) is 23.5 Å². The van der Waals surface area contributed by atoms with Gasteiger partial charge in [-0.2, -0.15) is 0 Å². The summed E-state index contributed by atoms with van der Waals surface area (Å²) < 4.78 is 1.19. The van der Waals surface area contributed by atoms with Crippen LogP contribution < -0.4 is 0 Å². The first-order valence-corrected chi connectivity index (χ1v) is 6.18. The lowest BCUT2D eigenvalue weighted by Gasteiger charge is -2.13. The van der Waals surface area contributed by atoms with Crippen molar-refractivity contribution in [2.45, 2.75) is 9.79 Å². The minimum Gasteiger partial charge on any atom is -0.124 e. The number of fused-ring (bicyclic) bond motifs is 1. The monoisotopic (exact) mass is 246 g/mol. The lowest BCUT2D eigenvalue weighted by atomic mass is 10.4. The fourth-order valence-corrected chi connectivity index (χ4v) is 3.78. The molecule has 2 rings (SSSR count). The van der Waals surface area contributed by atoms with Crippen LogP contribution in [0.25, 0.3) is 0 Å². The Kier molecular flexibility index (Phi) is 2.49. The van der Waals surface area contributed by atoms with E-state index in [4.69, 9.17) is 0 Å². The predicted molar refractivity (Wildman–Crippen MR) is 55.6 cm³/mol. The van der Waals surface area contributed by atoms with Gasteiger partial charge in [-0.3, -0.25) is 0 Å². The summed E-state index contributed by atoms with van der Waals surface area (Å²) in [5, 5.41) is 0. The Balaban J connectivity index is 2.43. The third-order valence-electron chi connectivity index (χ3n) is 1.50. The molecule has 0 atom stereocenters. The second-order valence-corrected chi connectivity index (χ2v) is 5.48. The van der Waals surface area contributed by atoms with E-state index in [2.05, 4.69) is 34.1 Å². The van der Waals surface area contributed by atoms with Gasteiger partial charge in [-0.25, -0.2) is 0 Å². The summed E-state index contributed by atoms with van der Waals surface area (Å²) in [4.78, 5) is 2.86. The van der Waals surface area contributed by atoms with Crippen LogP contribution in [-0.4, -0.2) is 11.5 Å². The quantitative estimate of drug-likeness (QED) is 0.686. The number of thioether (sulfide) groups is 2. The summed E-state index contributed by atoms with van der Waals surface area (Å²) in [6, 6.07) is 6.50. The number of hydrogen-bond donors (Lipinski definition) is 0. The summed E-state index contributed by atoms with van der Waals surface area (Å²) in [6.07, 6.45) is 0. The maximum Gasteiger partial charge on any atom is 0.0219 e. The maximum absolute atomic E-state index is 3.47.